The average Bonchev–Trinajstić information content (AvgIpc) is 2.34. The maximum atomic E-state index is 11.2. The van der Waals surface area contributed by atoms with Crippen LogP contribution in [-0.2, 0) is 16.6 Å². The molecule has 3 nitrogen and oxygen atoms in total. The second-order valence-electron chi connectivity index (χ2n) is 5.97. The predicted molar refractivity (Wildman–Crippen MR) is 78.7 cm³/mol. The van der Waals surface area contributed by atoms with Crippen LogP contribution in [0.4, 0.5) is 0 Å². The molecule has 0 heterocycles. The van der Waals surface area contributed by atoms with Crippen LogP contribution in [0.1, 0.15) is 38.8 Å². The lowest BCUT2D eigenvalue weighted by molar-refractivity contribution is -0.127. The van der Waals surface area contributed by atoms with E-state index in [1.54, 1.807) is 18.9 Å². The van der Waals surface area contributed by atoms with Crippen LogP contribution in [0.3, 0.4) is 0 Å². The van der Waals surface area contributed by atoms with Gasteiger partial charge in [0.15, 0.2) is 0 Å². The molecule has 1 aromatic rings. The zero-order chi connectivity index (χ0) is 14.6. The van der Waals surface area contributed by atoms with Crippen LogP contribution < -0.4 is 4.74 Å². The maximum Gasteiger partial charge on any atom is 0.219 e. The normalized spacial score (nSPS) is 11.3. The summed E-state index contributed by atoms with van der Waals surface area (Å²) in [7, 11) is 3.51. The highest BCUT2D eigenvalue weighted by Gasteiger charge is 2.16. The van der Waals surface area contributed by atoms with Crippen molar-refractivity contribution in [3.8, 4) is 5.75 Å². The van der Waals surface area contributed by atoms with E-state index in [0.717, 1.165) is 17.7 Å². The Hall–Kier alpha value is -1.51. The molecule has 1 rings (SSSR count). The number of hydrogen-bond acceptors (Lipinski definition) is 2. The lowest BCUT2D eigenvalue weighted by Gasteiger charge is -2.22. The number of hydrogen-bond donors (Lipinski definition) is 0. The Morgan fingerprint density at radius 1 is 1.32 bits per heavy atom. The fourth-order valence-corrected chi connectivity index (χ4v) is 1.89. The SMILES string of the molecule is COc1ccc(C(C)(C)C)cc1CCN(C)C(C)=O. The molecule has 0 saturated heterocycles. The molecule has 0 unspecified atom stereocenters. The number of benzene rings is 1. The van der Waals surface area contributed by atoms with Gasteiger partial charge in [-0.15, -0.1) is 0 Å². The molecule has 0 aliphatic carbocycles. The minimum absolute atomic E-state index is 0.0888. The van der Waals surface area contributed by atoms with Crippen molar-refractivity contribution in [2.24, 2.45) is 0 Å². The summed E-state index contributed by atoms with van der Waals surface area (Å²) in [6.45, 7) is 8.88. The van der Waals surface area contributed by atoms with Crippen molar-refractivity contribution < 1.29 is 9.53 Å². The van der Waals surface area contributed by atoms with Gasteiger partial charge in [0, 0.05) is 20.5 Å². The molecule has 0 radical (unpaired) electrons. The standard InChI is InChI=1S/C16H25NO2/c1-12(18)17(5)10-9-13-11-14(16(2,3)4)7-8-15(13)19-6/h7-8,11H,9-10H2,1-6H3. The van der Waals surface area contributed by atoms with E-state index in [0.29, 0.717) is 6.54 Å². The van der Waals surface area contributed by atoms with Gasteiger partial charge in [-0.05, 0) is 29.0 Å². The molecule has 0 aromatic heterocycles. The summed E-state index contributed by atoms with van der Waals surface area (Å²) in [5, 5.41) is 0. The Morgan fingerprint density at radius 2 is 1.95 bits per heavy atom. The number of rotatable bonds is 4. The van der Waals surface area contributed by atoms with E-state index >= 15 is 0 Å². The molecule has 0 N–H and O–H groups in total. The topological polar surface area (TPSA) is 29.5 Å². The van der Waals surface area contributed by atoms with Crippen molar-refractivity contribution in [2.45, 2.75) is 39.5 Å². The molecule has 0 aliphatic rings. The van der Waals surface area contributed by atoms with Gasteiger partial charge in [0.25, 0.3) is 0 Å². The van der Waals surface area contributed by atoms with E-state index < -0.39 is 0 Å². The highest BCUT2D eigenvalue weighted by molar-refractivity contribution is 5.72. The van der Waals surface area contributed by atoms with Crippen LogP contribution in [0.2, 0.25) is 0 Å². The van der Waals surface area contributed by atoms with Crippen molar-refractivity contribution >= 4 is 5.91 Å². The summed E-state index contributed by atoms with van der Waals surface area (Å²) in [4.78, 5) is 13.0. The number of ether oxygens (including phenoxy) is 1. The average molecular weight is 263 g/mol. The van der Waals surface area contributed by atoms with Crippen LogP contribution in [0.25, 0.3) is 0 Å². The summed E-state index contributed by atoms with van der Waals surface area (Å²) in [5.74, 6) is 0.982. The van der Waals surface area contributed by atoms with E-state index in [1.807, 2.05) is 13.1 Å². The Morgan fingerprint density at radius 3 is 2.42 bits per heavy atom. The molecule has 19 heavy (non-hydrogen) atoms. The van der Waals surface area contributed by atoms with E-state index in [4.69, 9.17) is 4.74 Å². The third-order valence-corrected chi connectivity index (χ3v) is 3.40. The largest absolute Gasteiger partial charge is 0.496 e. The maximum absolute atomic E-state index is 11.2. The van der Waals surface area contributed by atoms with E-state index in [-0.39, 0.29) is 11.3 Å². The molecule has 0 bridgehead atoms. The first-order chi connectivity index (χ1) is 8.75. The lowest BCUT2D eigenvalue weighted by Crippen LogP contribution is -2.26. The van der Waals surface area contributed by atoms with Crippen molar-refractivity contribution in [1.29, 1.82) is 0 Å². The zero-order valence-electron chi connectivity index (χ0n) is 12.9. The quantitative estimate of drug-likeness (QED) is 0.835. The number of methoxy groups -OCH3 is 1. The molecule has 0 aliphatic heterocycles. The van der Waals surface area contributed by atoms with Gasteiger partial charge in [0.1, 0.15) is 5.75 Å². The highest BCUT2D eigenvalue weighted by atomic mass is 16.5. The zero-order valence-corrected chi connectivity index (χ0v) is 12.9. The molecule has 1 aromatic carbocycles. The molecule has 3 heteroatoms. The second-order valence-corrected chi connectivity index (χ2v) is 5.97. The lowest BCUT2D eigenvalue weighted by atomic mass is 9.85. The molecule has 0 atom stereocenters. The first-order valence-corrected chi connectivity index (χ1v) is 6.65. The van der Waals surface area contributed by atoms with E-state index in [9.17, 15) is 4.79 Å². The number of amides is 1. The van der Waals surface area contributed by atoms with Gasteiger partial charge in [-0.3, -0.25) is 4.79 Å². The van der Waals surface area contributed by atoms with Crippen molar-refractivity contribution in [3.05, 3.63) is 29.3 Å². The third-order valence-electron chi connectivity index (χ3n) is 3.40. The summed E-state index contributed by atoms with van der Waals surface area (Å²) >= 11 is 0. The summed E-state index contributed by atoms with van der Waals surface area (Å²) in [5.41, 5.74) is 2.56. The molecule has 0 saturated carbocycles. The first kappa shape index (κ1) is 15.5. The fourth-order valence-electron chi connectivity index (χ4n) is 1.89. The summed E-state index contributed by atoms with van der Waals surface area (Å²) < 4.78 is 5.40. The van der Waals surface area contributed by atoms with Crippen LogP contribution in [0.15, 0.2) is 18.2 Å². The monoisotopic (exact) mass is 263 g/mol. The van der Waals surface area contributed by atoms with Gasteiger partial charge in [-0.1, -0.05) is 32.9 Å². The number of carbonyl (C=O) groups is 1. The van der Waals surface area contributed by atoms with Gasteiger partial charge >= 0.3 is 0 Å². The molecule has 0 spiro atoms. The Bertz CT molecular complexity index is 447. The highest BCUT2D eigenvalue weighted by Crippen LogP contribution is 2.28. The third kappa shape index (κ3) is 4.27. The Labute approximate surface area is 116 Å². The molecule has 1 amide bonds. The van der Waals surface area contributed by atoms with Gasteiger partial charge < -0.3 is 9.64 Å². The summed E-state index contributed by atoms with van der Waals surface area (Å²) in [6.07, 6.45) is 0.809. The van der Waals surface area contributed by atoms with E-state index in [1.165, 1.54) is 5.56 Å². The summed E-state index contributed by atoms with van der Waals surface area (Å²) in [6, 6.07) is 6.31. The van der Waals surface area contributed by atoms with Gasteiger partial charge in [0.2, 0.25) is 5.91 Å². The fraction of sp³-hybridized carbons (Fsp3) is 0.562. The van der Waals surface area contributed by atoms with Gasteiger partial charge in [0.05, 0.1) is 7.11 Å². The van der Waals surface area contributed by atoms with Gasteiger partial charge in [-0.2, -0.15) is 0 Å². The molecular formula is C16H25NO2. The van der Waals surface area contributed by atoms with Crippen molar-refractivity contribution in [2.75, 3.05) is 20.7 Å². The first-order valence-electron chi connectivity index (χ1n) is 6.65. The number of nitrogens with zero attached hydrogens (tertiary/aromatic N) is 1. The predicted octanol–water partition coefficient (Wildman–Crippen LogP) is 3.01. The van der Waals surface area contributed by atoms with Crippen LogP contribution >= 0.6 is 0 Å². The van der Waals surface area contributed by atoms with Gasteiger partial charge in [-0.25, -0.2) is 0 Å². The minimum atomic E-state index is 0.0888. The molecular weight excluding hydrogens is 238 g/mol. The number of likely N-dealkylation sites (N-methyl/N-ethyl adjacent to an activating group) is 1. The van der Waals surface area contributed by atoms with Crippen molar-refractivity contribution in [1.82, 2.24) is 4.90 Å². The molecule has 106 valence electrons. The minimum Gasteiger partial charge on any atom is -0.496 e. The Kier molecular flexibility index (Phi) is 4.98. The van der Waals surface area contributed by atoms with Crippen LogP contribution in [0.5, 0.6) is 5.75 Å². The van der Waals surface area contributed by atoms with Crippen LogP contribution in [-0.4, -0.2) is 31.5 Å². The Balaban J connectivity index is 2.94. The number of carbonyl (C=O) groups excluding carboxylic acids is 1. The smallest absolute Gasteiger partial charge is 0.219 e. The molecule has 0 fully saturated rings. The second kappa shape index (κ2) is 6.09. The van der Waals surface area contributed by atoms with Crippen molar-refractivity contribution in [3.63, 3.8) is 0 Å². The van der Waals surface area contributed by atoms with Crippen LogP contribution in [0, 0.1) is 0 Å². The van der Waals surface area contributed by atoms with E-state index in [2.05, 4.69) is 32.9 Å².